The van der Waals surface area contributed by atoms with E-state index in [4.69, 9.17) is 23.2 Å². The summed E-state index contributed by atoms with van der Waals surface area (Å²) in [7, 11) is 2.13. The lowest BCUT2D eigenvalue weighted by Gasteiger charge is -2.33. The van der Waals surface area contributed by atoms with Gasteiger partial charge in [-0.2, -0.15) is 0 Å². The van der Waals surface area contributed by atoms with Gasteiger partial charge in [0.2, 0.25) is 0 Å². The zero-order valence-corrected chi connectivity index (χ0v) is 15.1. The summed E-state index contributed by atoms with van der Waals surface area (Å²) < 4.78 is 0. The fourth-order valence-electron chi connectivity index (χ4n) is 2.66. The summed E-state index contributed by atoms with van der Waals surface area (Å²) in [5, 5.41) is 4.55. The number of hydrogen-bond donors (Lipinski definition) is 1. The molecule has 1 aromatic carbocycles. The Morgan fingerprint density at radius 2 is 1.92 bits per heavy atom. The minimum atomic E-state index is 0.645. The normalized spacial score (nSPS) is 15.4. The van der Waals surface area contributed by atoms with Crippen molar-refractivity contribution in [3.63, 3.8) is 0 Å². The van der Waals surface area contributed by atoms with Crippen LogP contribution in [0.2, 0.25) is 10.0 Å². The Balaban J connectivity index is 1.73. The van der Waals surface area contributed by atoms with Crippen molar-refractivity contribution in [2.45, 2.75) is 0 Å². The molecule has 2 heterocycles. The Hall–Kier alpha value is -1.75. The zero-order chi connectivity index (χ0) is 17.1. The molecule has 0 radical (unpaired) electrons. The highest BCUT2D eigenvalue weighted by Crippen LogP contribution is 2.28. The van der Waals surface area contributed by atoms with Gasteiger partial charge >= 0.3 is 0 Å². The van der Waals surface area contributed by atoms with Gasteiger partial charge in [0.05, 0.1) is 5.02 Å². The molecule has 6 heteroatoms. The Bertz CT molecular complexity index is 740. The van der Waals surface area contributed by atoms with Crippen molar-refractivity contribution in [2.75, 3.05) is 43.4 Å². The van der Waals surface area contributed by atoms with E-state index < -0.39 is 0 Å². The number of likely N-dealkylation sites (N-methyl/N-ethyl adjacent to an activating group) is 1. The van der Waals surface area contributed by atoms with Crippen LogP contribution < -0.4 is 10.2 Å². The standard InChI is InChI=1S/C18H20Cl2N4/c1-13(22-16-5-3-4-15(19)11-16)14-10-17(20)18(21-12-14)24-8-6-23(2)7-9-24/h3-5,10-12,22H,1,6-9H2,2H3. The largest absolute Gasteiger partial charge is 0.355 e. The Kier molecular flexibility index (Phi) is 5.29. The first kappa shape index (κ1) is 17.1. The quantitative estimate of drug-likeness (QED) is 0.881. The van der Waals surface area contributed by atoms with Gasteiger partial charge in [-0.1, -0.05) is 35.8 Å². The van der Waals surface area contributed by atoms with Gasteiger partial charge in [0.1, 0.15) is 5.82 Å². The molecule has 4 nitrogen and oxygen atoms in total. The predicted molar refractivity (Wildman–Crippen MR) is 103 cm³/mol. The number of halogens is 2. The van der Waals surface area contributed by atoms with Gasteiger partial charge in [0.25, 0.3) is 0 Å². The first-order chi connectivity index (χ1) is 11.5. The van der Waals surface area contributed by atoms with Crippen molar-refractivity contribution in [3.8, 4) is 0 Å². The average molecular weight is 363 g/mol. The van der Waals surface area contributed by atoms with Gasteiger partial charge < -0.3 is 15.1 Å². The molecule has 1 aliphatic heterocycles. The van der Waals surface area contributed by atoms with Crippen LogP contribution in [0.15, 0.2) is 43.1 Å². The van der Waals surface area contributed by atoms with Gasteiger partial charge in [-0.3, -0.25) is 0 Å². The van der Waals surface area contributed by atoms with E-state index in [1.54, 1.807) is 6.20 Å². The fraction of sp³-hybridized carbons (Fsp3) is 0.278. The second kappa shape index (κ2) is 7.43. The van der Waals surface area contributed by atoms with Crippen LogP contribution in [0.1, 0.15) is 5.56 Å². The van der Waals surface area contributed by atoms with Crippen molar-refractivity contribution in [2.24, 2.45) is 0 Å². The van der Waals surface area contributed by atoms with Crippen LogP contribution in [0.4, 0.5) is 11.5 Å². The van der Waals surface area contributed by atoms with Gasteiger partial charge in [-0.25, -0.2) is 4.98 Å². The average Bonchev–Trinajstić information content (AvgIpc) is 2.56. The molecule has 1 saturated heterocycles. The highest BCUT2D eigenvalue weighted by molar-refractivity contribution is 6.33. The van der Waals surface area contributed by atoms with E-state index in [-0.39, 0.29) is 0 Å². The molecule has 1 aromatic heterocycles. The summed E-state index contributed by atoms with van der Waals surface area (Å²) in [5.74, 6) is 0.837. The van der Waals surface area contributed by atoms with Crippen LogP contribution in [0.5, 0.6) is 0 Å². The van der Waals surface area contributed by atoms with Crippen LogP contribution in [0.25, 0.3) is 5.70 Å². The first-order valence-corrected chi connectivity index (χ1v) is 8.59. The molecule has 1 N–H and O–H groups in total. The van der Waals surface area contributed by atoms with Crippen LogP contribution in [-0.2, 0) is 0 Å². The third-order valence-corrected chi connectivity index (χ3v) is 4.61. The van der Waals surface area contributed by atoms with Crippen LogP contribution >= 0.6 is 23.2 Å². The number of nitrogens with zero attached hydrogens (tertiary/aromatic N) is 3. The summed E-state index contributed by atoms with van der Waals surface area (Å²) >= 11 is 12.5. The van der Waals surface area contributed by atoms with Crippen molar-refractivity contribution < 1.29 is 0 Å². The number of pyridine rings is 1. The minimum Gasteiger partial charge on any atom is -0.355 e. The van der Waals surface area contributed by atoms with Gasteiger partial charge in [0.15, 0.2) is 0 Å². The molecule has 24 heavy (non-hydrogen) atoms. The fourth-order valence-corrected chi connectivity index (χ4v) is 3.14. The molecule has 1 aliphatic rings. The molecular formula is C18H20Cl2N4. The van der Waals surface area contributed by atoms with E-state index in [0.29, 0.717) is 10.0 Å². The molecule has 0 unspecified atom stereocenters. The van der Waals surface area contributed by atoms with E-state index in [1.165, 1.54) is 0 Å². The third kappa shape index (κ3) is 4.01. The SMILES string of the molecule is C=C(Nc1cccc(Cl)c1)c1cnc(N2CCN(C)CC2)c(Cl)c1. The molecule has 3 rings (SSSR count). The van der Waals surface area contributed by atoms with E-state index in [1.807, 2.05) is 30.3 Å². The van der Waals surface area contributed by atoms with Gasteiger partial charge in [0, 0.05) is 54.3 Å². The Morgan fingerprint density at radius 3 is 2.58 bits per heavy atom. The van der Waals surface area contributed by atoms with Crippen molar-refractivity contribution in [1.29, 1.82) is 0 Å². The maximum Gasteiger partial charge on any atom is 0.147 e. The monoisotopic (exact) mass is 362 g/mol. The summed E-state index contributed by atoms with van der Waals surface area (Å²) in [6.07, 6.45) is 1.80. The summed E-state index contributed by atoms with van der Waals surface area (Å²) in [6, 6.07) is 9.41. The van der Waals surface area contributed by atoms with E-state index in [0.717, 1.165) is 48.9 Å². The number of benzene rings is 1. The zero-order valence-electron chi connectivity index (χ0n) is 13.6. The number of nitrogens with one attached hydrogen (secondary N) is 1. The highest BCUT2D eigenvalue weighted by Gasteiger charge is 2.18. The molecule has 2 aromatic rings. The highest BCUT2D eigenvalue weighted by atomic mass is 35.5. The summed E-state index contributed by atoms with van der Waals surface area (Å²) in [6.45, 7) is 7.97. The Morgan fingerprint density at radius 1 is 1.17 bits per heavy atom. The smallest absolute Gasteiger partial charge is 0.147 e. The number of hydrogen-bond acceptors (Lipinski definition) is 4. The number of piperazine rings is 1. The minimum absolute atomic E-state index is 0.645. The van der Waals surface area contributed by atoms with Gasteiger partial charge in [-0.15, -0.1) is 0 Å². The lowest BCUT2D eigenvalue weighted by Crippen LogP contribution is -2.44. The maximum atomic E-state index is 6.46. The van der Waals surface area contributed by atoms with Crippen LogP contribution in [0.3, 0.4) is 0 Å². The lowest BCUT2D eigenvalue weighted by molar-refractivity contribution is 0.312. The molecule has 0 spiro atoms. The maximum absolute atomic E-state index is 6.46. The molecule has 0 atom stereocenters. The lowest BCUT2D eigenvalue weighted by atomic mass is 10.2. The summed E-state index contributed by atoms with van der Waals surface area (Å²) in [4.78, 5) is 9.08. The topological polar surface area (TPSA) is 31.4 Å². The summed E-state index contributed by atoms with van der Waals surface area (Å²) in [5.41, 5.74) is 2.47. The van der Waals surface area contributed by atoms with E-state index in [2.05, 4.69) is 33.7 Å². The van der Waals surface area contributed by atoms with Gasteiger partial charge in [-0.05, 0) is 31.3 Å². The molecule has 1 fully saturated rings. The molecular weight excluding hydrogens is 343 g/mol. The third-order valence-electron chi connectivity index (χ3n) is 4.09. The van der Waals surface area contributed by atoms with Crippen molar-refractivity contribution >= 4 is 40.4 Å². The van der Waals surface area contributed by atoms with Crippen molar-refractivity contribution in [3.05, 3.63) is 58.7 Å². The second-order valence-corrected chi connectivity index (χ2v) is 6.78. The van der Waals surface area contributed by atoms with Crippen molar-refractivity contribution in [1.82, 2.24) is 9.88 Å². The number of rotatable bonds is 4. The van der Waals surface area contributed by atoms with Crippen LogP contribution in [0, 0.1) is 0 Å². The predicted octanol–water partition coefficient (Wildman–Crippen LogP) is 4.22. The van der Waals surface area contributed by atoms with Crippen LogP contribution in [-0.4, -0.2) is 43.1 Å². The number of aromatic nitrogens is 1. The molecule has 126 valence electrons. The molecule has 0 bridgehead atoms. The second-order valence-electron chi connectivity index (χ2n) is 5.93. The van der Waals surface area contributed by atoms with E-state index >= 15 is 0 Å². The molecule has 0 saturated carbocycles. The first-order valence-electron chi connectivity index (χ1n) is 7.84. The number of anilines is 2. The molecule has 0 aliphatic carbocycles. The Labute approximate surface area is 152 Å². The van der Waals surface area contributed by atoms with E-state index in [9.17, 15) is 0 Å². The molecule has 0 amide bonds.